The van der Waals surface area contributed by atoms with Gasteiger partial charge in [0.05, 0.1) is 0 Å². The number of hydrogen-bond acceptors (Lipinski definition) is 2. The van der Waals surface area contributed by atoms with Gasteiger partial charge in [-0.3, -0.25) is 0 Å². The largest absolute Gasteiger partial charge is 0.338 e. The fraction of sp³-hybridized carbons (Fsp3) is 0.846. The summed E-state index contributed by atoms with van der Waals surface area (Å²) in [6.07, 6.45) is 3.88. The molecule has 0 radical (unpaired) electrons. The minimum absolute atomic E-state index is 0.0396. The van der Waals surface area contributed by atoms with Gasteiger partial charge in [-0.1, -0.05) is 13.3 Å². The average molecular weight is 268 g/mol. The van der Waals surface area contributed by atoms with Crippen LogP contribution in [0.3, 0.4) is 0 Å². The number of amides is 4. The van der Waals surface area contributed by atoms with Gasteiger partial charge in [-0.15, -0.1) is 0 Å². The Balaban J connectivity index is 1.72. The molecule has 0 aromatic rings. The van der Waals surface area contributed by atoms with Crippen molar-refractivity contribution in [3.05, 3.63) is 0 Å². The van der Waals surface area contributed by atoms with Crippen LogP contribution in [0.1, 0.15) is 32.6 Å². The number of rotatable bonds is 4. The number of carbonyl (C=O) groups is 2. The molecular weight excluding hydrogens is 244 g/mol. The van der Waals surface area contributed by atoms with E-state index in [0.29, 0.717) is 6.04 Å². The molecule has 0 aromatic carbocycles. The van der Waals surface area contributed by atoms with Crippen LogP contribution in [0.2, 0.25) is 0 Å². The first-order valence-electron chi connectivity index (χ1n) is 7.29. The summed E-state index contributed by atoms with van der Waals surface area (Å²) < 4.78 is 0. The van der Waals surface area contributed by atoms with Crippen LogP contribution in [-0.4, -0.2) is 60.6 Å². The van der Waals surface area contributed by atoms with E-state index in [1.54, 1.807) is 0 Å². The third kappa shape index (κ3) is 3.52. The van der Waals surface area contributed by atoms with E-state index < -0.39 is 0 Å². The number of hydrogen-bond donors (Lipinski definition) is 2. The fourth-order valence-corrected chi connectivity index (χ4v) is 2.70. The Labute approximate surface area is 114 Å². The van der Waals surface area contributed by atoms with Gasteiger partial charge in [0.25, 0.3) is 0 Å². The maximum atomic E-state index is 11.9. The molecule has 0 unspecified atom stereocenters. The van der Waals surface area contributed by atoms with Crippen molar-refractivity contribution in [2.45, 2.75) is 38.6 Å². The lowest BCUT2D eigenvalue weighted by Crippen LogP contribution is -2.50. The summed E-state index contributed by atoms with van der Waals surface area (Å²) in [4.78, 5) is 27.2. The van der Waals surface area contributed by atoms with Crippen molar-refractivity contribution >= 4 is 12.1 Å². The summed E-state index contributed by atoms with van der Waals surface area (Å²) in [5.74, 6) is 0. The first kappa shape index (κ1) is 14.0. The number of unbranched alkanes of at least 4 members (excludes halogenated alkanes) is 1. The van der Waals surface area contributed by atoms with Crippen LogP contribution in [-0.2, 0) is 0 Å². The van der Waals surface area contributed by atoms with Crippen LogP contribution in [0.25, 0.3) is 0 Å². The van der Waals surface area contributed by atoms with Gasteiger partial charge in [0, 0.05) is 38.8 Å². The quantitative estimate of drug-likeness (QED) is 0.747. The molecule has 2 fully saturated rings. The van der Waals surface area contributed by atoms with E-state index in [4.69, 9.17) is 0 Å². The molecule has 2 aliphatic heterocycles. The molecule has 0 atom stereocenters. The van der Waals surface area contributed by atoms with Crippen LogP contribution in [0.4, 0.5) is 9.59 Å². The van der Waals surface area contributed by atoms with E-state index in [0.717, 1.165) is 58.4 Å². The van der Waals surface area contributed by atoms with Crippen molar-refractivity contribution in [2.24, 2.45) is 0 Å². The molecule has 0 aromatic heterocycles. The molecule has 19 heavy (non-hydrogen) atoms. The molecule has 0 bridgehead atoms. The van der Waals surface area contributed by atoms with E-state index in [9.17, 15) is 9.59 Å². The van der Waals surface area contributed by atoms with Crippen molar-refractivity contribution in [1.29, 1.82) is 0 Å². The van der Waals surface area contributed by atoms with E-state index in [-0.39, 0.29) is 12.1 Å². The highest BCUT2D eigenvalue weighted by atomic mass is 16.2. The summed E-state index contributed by atoms with van der Waals surface area (Å²) in [5.41, 5.74) is 0. The van der Waals surface area contributed by atoms with Gasteiger partial charge in [0.15, 0.2) is 0 Å². The van der Waals surface area contributed by atoms with Gasteiger partial charge in [0.1, 0.15) is 0 Å². The second kappa shape index (κ2) is 6.63. The molecule has 2 heterocycles. The van der Waals surface area contributed by atoms with Crippen molar-refractivity contribution in [2.75, 3.05) is 32.7 Å². The second-order valence-electron chi connectivity index (χ2n) is 5.23. The SMILES string of the molecule is CCCCNC(=O)N1CCC(N2CCNC2=O)CC1. The maximum absolute atomic E-state index is 11.9. The monoisotopic (exact) mass is 268 g/mol. The zero-order chi connectivity index (χ0) is 13.7. The Morgan fingerprint density at radius 2 is 2.11 bits per heavy atom. The summed E-state index contributed by atoms with van der Waals surface area (Å²) in [5, 5.41) is 5.77. The molecule has 108 valence electrons. The molecule has 0 aliphatic carbocycles. The lowest BCUT2D eigenvalue weighted by Gasteiger charge is -2.36. The molecule has 6 nitrogen and oxygen atoms in total. The summed E-state index contributed by atoms with van der Waals surface area (Å²) in [6, 6.07) is 0.380. The average Bonchev–Trinajstić information content (AvgIpc) is 2.85. The van der Waals surface area contributed by atoms with E-state index in [2.05, 4.69) is 17.6 Å². The third-order valence-corrected chi connectivity index (χ3v) is 3.89. The van der Waals surface area contributed by atoms with Crippen molar-refractivity contribution in [3.63, 3.8) is 0 Å². The normalized spacial score (nSPS) is 20.6. The van der Waals surface area contributed by atoms with Crippen molar-refractivity contribution in [1.82, 2.24) is 20.4 Å². The van der Waals surface area contributed by atoms with Gasteiger partial charge in [0.2, 0.25) is 0 Å². The lowest BCUT2D eigenvalue weighted by molar-refractivity contribution is 0.141. The highest BCUT2D eigenvalue weighted by Gasteiger charge is 2.31. The number of carbonyl (C=O) groups excluding carboxylic acids is 2. The Kier molecular flexibility index (Phi) is 4.87. The maximum Gasteiger partial charge on any atom is 0.317 e. The lowest BCUT2D eigenvalue weighted by atomic mass is 10.0. The van der Waals surface area contributed by atoms with Gasteiger partial charge < -0.3 is 20.4 Å². The molecule has 4 amide bonds. The smallest absolute Gasteiger partial charge is 0.317 e. The third-order valence-electron chi connectivity index (χ3n) is 3.89. The van der Waals surface area contributed by atoms with Crippen LogP contribution in [0.15, 0.2) is 0 Å². The fourth-order valence-electron chi connectivity index (χ4n) is 2.70. The van der Waals surface area contributed by atoms with Crippen LogP contribution in [0, 0.1) is 0 Å². The van der Waals surface area contributed by atoms with E-state index >= 15 is 0 Å². The Morgan fingerprint density at radius 1 is 1.37 bits per heavy atom. The minimum Gasteiger partial charge on any atom is -0.338 e. The summed E-state index contributed by atoms with van der Waals surface area (Å²) in [7, 11) is 0. The van der Waals surface area contributed by atoms with Gasteiger partial charge in [-0.25, -0.2) is 9.59 Å². The highest BCUT2D eigenvalue weighted by Crippen LogP contribution is 2.18. The standard InChI is InChI=1S/C13H24N4O2/c1-2-3-6-14-12(18)16-8-4-11(5-9-16)17-10-7-15-13(17)19/h11H,2-10H2,1H3,(H,14,18)(H,15,19). The minimum atomic E-state index is 0.0396. The summed E-state index contributed by atoms with van der Waals surface area (Å²) >= 11 is 0. The molecule has 6 heteroatoms. The molecule has 2 N–H and O–H groups in total. The second-order valence-corrected chi connectivity index (χ2v) is 5.23. The van der Waals surface area contributed by atoms with Gasteiger partial charge >= 0.3 is 12.1 Å². The zero-order valence-corrected chi connectivity index (χ0v) is 11.7. The van der Waals surface area contributed by atoms with Crippen LogP contribution < -0.4 is 10.6 Å². The van der Waals surface area contributed by atoms with E-state index in [1.165, 1.54) is 0 Å². The number of piperidine rings is 1. The topological polar surface area (TPSA) is 64.7 Å². The molecular formula is C13H24N4O2. The summed E-state index contributed by atoms with van der Waals surface area (Å²) in [6.45, 7) is 5.89. The van der Waals surface area contributed by atoms with Gasteiger partial charge in [-0.05, 0) is 19.3 Å². The molecule has 2 rings (SSSR count). The first-order chi connectivity index (χ1) is 9.22. The van der Waals surface area contributed by atoms with Crippen molar-refractivity contribution in [3.8, 4) is 0 Å². The number of nitrogens with zero attached hydrogens (tertiary/aromatic N) is 2. The predicted octanol–water partition coefficient (Wildman–Crippen LogP) is 0.986. The number of nitrogens with one attached hydrogen (secondary N) is 2. The Morgan fingerprint density at radius 3 is 2.68 bits per heavy atom. The van der Waals surface area contributed by atoms with Crippen LogP contribution >= 0.6 is 0 Å². The van der Waals surface area contributed by atoms with E-state index in [1.807, 2.05) is 9.80 Å². The molecule has 2 saturated heterocycles. The molecule has 2 aliphatic rings. The molecule has 0 saturated carbocycles. The number of likely N-dealkylation sites (tertiary alicyclic amines) is 1. The van der Waals surface area contributed by atoms with Gasteiger partial charge in [-0.2, -0.15) is 0 Å². The predicted molar refractivity (Wildman–Crippen MR) is 73.0 cm³/mol. The van der Waals surface area contributed by atoms with Crippen molar-refractivity contribution < 1.29 is 9.59 Å². The first-order valence-corrected chi connectivity index (χ1v) is 7.29. The molecule has 0 spiro atoms. The highest BCUT2D eigenvalue weighted by molar-refractivity contribution is 5.77. The van der Waals surface area contributed by atoms with Crippen LogP contribution in [0.5, 0.6) is 0 Å². The number of urea groups is 2. The zero-order valence-electron chi connectivity index (χ0n) is 11.7. The Hall–Kier alpha value is -1.46. The Bertz CT molecular complexity index is 327.